The SMILES string of the molecule is CC/C=C\C/C=C\C/C=C\CCCCCCCCCC(=O)OC(COCCCCCCCC/C=C\C/C=C\CCCC)COC1OC(CO)C(O)C(OS(=O)(=O)O)C1O. The number of allylic oxidation sites excluding steroid dienone is 10. The summed E-state index contributed by atoms with van der Waals surface area (Å²) in [6.45, 7) is 3.79. The Morgan fingerprint density at radius 2 is 1.17 bits per heavy atom. The van der Waals surface area contributed by atoms with Crippen LogP contribution in [-0.4, -0.2) is 97.5 Å². The van der Waals surface area contributed by atoms with Crippen molar-refractivity contribution in [3.05, 3.63) is 60.8 Å². The van der Waals surface area contributed by atoms with E-state index in [-0.39, 0.29) is 19.6 Å². The summed E-state index contributed by atoms with van der Waals surface area (Å²) in [6, 6.07) is 0. The van der Waals surface area contributed by atoms with E-state index in [4.69, 9.17) is 23.5 Å². The maximum absolute atomic E-state index is 12.8. The van der Waals surface area contributed by atoms with E-state index in [1.807, 2.05) is 0 Å². The van der Waals surface area contributed by atoms with E-state index in [0.717, 1.165) is 96.3 Å². The molecule has 342 valence electrons. The number of rotatable bonds is 38. The van der Waals surface area contributed by atoms with Crippen molar-refractivity contribution in [3.63, 3.8) is 0 Å². The van der Waals surface area contributed by atoms with Gasteiger partial charge in [-0.05, 0) is 70.6 Å². The van der Waals surface area contributed by atoms with Crippen molar-refractivity contribution >= 4 is 16.4 Å². The topological polar surface area (TPSA) is 178 Å². The minimum Gasteiger partial charge on any atom is -0.457 e. The molecule has 4 N–H and O–H groups in total. The Labute approximate surface area is 357 Å². The summed E-state index contributed by atoms with van der Waals surface area (Å²) in [5.41, 5.74) is 0. The molecule has 6 atom stereocenters. The number of ether oxygens (including phenoxy) is 4. The Bertz CT molecular complexity index is 1260. The number of hydrogen-bond donors (Lipinski definition) is 4. The third-order valence-electron chi connectivity index (χ3n) is 9.87. The molecular weight excluding hydrogens is 777 g/mol. The molecular formula is C46H80O12S. The second-order valence-corrected chi connectivity index (χ2v) is 16.3. The highest BCUT2D eigenvalue weighted by Crippen LogP contribution is 2.26. The lowest BCUT2D eigenvalue weighted by Crippen LogP contribution is -2.60. The summed E-state index contributed by atoms with van der Waals surface area (Å²) in [5, 5.41) is 30.7. The molecule has 1 heterocycles. The maximum Gasteiger partial charge on any atom is 0.397 e. The zero-order valence-electron chi connectivity index (χ0n) is 36.3. The van der Waals surface area contributed by atoms with Gasteiger partial charge in [-0.1, -0.05) is 145 Å². The second-order valence-electron chi connectivity index (χ2n) is 15.3. The van der Waals surface area contributed by atoms with Crippen molar-refractivity contribution in [2.24, 2.45) is 0 Å². The summed E-state index contributed by atoms with van der Waals surface area (Å²) >= 11 is 0. The Balaban J connectivity index is 2.45. The predicted octanol–water partition coefficient (Wildman–Crippen LogP) is 9.35. The Hall–Kier alpha value is -2.20. The van der Waals surface area contributed by atoms with Crippen LogP contribution in [-0.2, 0) is 38.3 Å². The van der Waals surface area contributed by atoms with Gasteiger partial charge in [0.05, 0.1) is 19.8 Å². The van der Waals surface area contributed by atoms with E-state index in [1.165, 1.54) is 38.5 Å². The van der Waals surface area contributed by atoms with Crippen LogP contribution in [0, 0.1) is 0 Å². The molecule has 0 saturated carbocycles. The molecule has 0 radical (unpaired) electrons. The van der Waals surface area contributed by atoms with Gasteiger partial charge >= 0.3 is 16.4 Å². The molecule has 13 heteroatoms. The van der Waals surface area contributed by atoms with E-state index in [2.05, 4.69) is 78.8 Å². The van der Waals surface area contributed by atoms with Gasteiger partial charge in [-0.3, -0.25) is 9.35 Å². The van der Waals surface area contributed by atoms with Crippen LogP contribution in [0.15, 0.2) is 60.8 Å². The molecule has 0 aromatic rings. The van der Waals surface area contributed by atoms with E-state index in [9.17, 15) is 28.5 Å². The summed E-state index contributed by atoms with van der Waals surface area (Å²) in [7, 11) is -5.07. The van der Waals surface area contributed by atoms with Crippen LogP contribution in [0.25, 0.3) is 0 Å². The smallest absolute Gasteiger partial charge is 0.397 e. The molecule has 1 saturated heterocycles. The molecule has 0 amide bonds. The largest absolute Gasteiger partial charge is 0.457 e. The standard InChI is InChI=1S/C46H80O12S/c1-3-5-7-9-11-13-15-17-19-20-21-23-25-27-29-31-33-35-42(48)56-40(39-55-46-44(50)45(58-59(51,52)53)43(49)41(37-47)57-46)38-54-36-34-32-30-28-26-24-22-18-16-14-12-10-8-6-4-2/h5,7,10-13,16-19,40-41,43-47,49-50H,3-4,6,8-9,14-15,20-39H2,1-2H3,(H,51,52,53)/b7-5-,12-10-,13-11-,18-16-,19-17-. The van der Waals surface area contributed by atoms with Crippen molar-refractivity contribution in [2.45, 2.75) is 198 Å². The molecule has 0 aromatic heterocycles. The van der Waals surface area contributed by atoms with Crippen LogP contribution >= 0.6 is 0 Å². The predicted molar refractivity (Wildman–Crippen MR) is 234 cm³/mol. The van der Waals surface area contributed by atoms with Gasteiger partial charge in [-0.2, -0.15) is 8.42 Å². The number of esters is 1. The minimum absolute atomic E-state index is 0.0220. The van der Waals surface area contributed by atoms with E-state index < -0.39 is 59.8 Å². The number of unbranched alkanes of at least 4 members (excludes halogenated alkanes) is 15. The first-order chi connectivity index (χ1) is 28.6. The molecule has 1 aliphatic rings. The van der Waals surface area contributed by atoms with Crippen LogP contribution in [0.5, 0.6) is 0 Å². The monoisotopic (exact) mass is 857 g/mol. The highest BCUT2D eigenvalue weighted by molar-refractivity contribution is 7.80. The third kappa shape index (κ3) is 31.3. The first kappa shape index (κ1) is 54.8. The van der Waals surface area contributed by atoms with Crippen molar-refractivity contribution in [1.82, 2.24) is 0 Å². The lowest BCUT2D eigenvalue weighted by molar-refractivity contribution is -0.301. The second kappa shape index (κ2) is 37.6. The Morgan fingerprint density at radius 1 is 0.661 bits per heavy atom. The van der Waals surface area contributed by atoms with Gasteiger partial charge in [0, 0.05) is 13.0 Å². The fourth-order valence-electron chi connectivity index (χ4n) is 6.47. The van der Waals surface area contributed by atoms with Crippen LogP contribution in [0.3, 0.4) is 0 Å². The van der Waals surface area contributed by atoms with Crippen LogP contribution < -0.4 is 0 Å². The van der Waals surface area contributed by atoms with E-state index in [1.54, 1.807) is 0 Å². The highest BCUT2D eigenvalue weighted by atomic mass is 32.3. The van der Waals surface area contributed by atoms with Crippen molar-refractivity contribution in [2.75, 3.05) is 26.4 Å². The van der Waals surface area contributed by atoms with E-state index >= 15 is 0 Å². The normalized spacial score (nSPS) is 20.9. The molecule has 0 aromatic carbocycles. The van der Waals surface area contributed by atoms with Gasteiger partial charge < -0.3 is 34.3 Å². The third-order valence-corrected chi connectivity index (χ3v) is 10.3. The molecule has 1 aliphatic heterocycles. The van der Waals surface area contributed by atoms with Gasteiger partial charge in [0.1, 0.15) is 30.5 Å². The lowest BCUT2D eigenvalue weighted by atomic mass is 9.99. The van der Waals surface area contributed by atoms with Crippen molar-refractivity contribution in [1.29, 1.82) is 0 Å². The molecule has 59 heavy (non-hydrogen) atoms. The highest BCUT2D eigenvalue weighted by Gasteiger charge is 2.48. The van der Waals surface area contributed by atoms with Crippen molar-refractivity contribution < 1.29 is 56.2 Å². The van der Waals surface area contributed by atoms with Crippen LogP contribution in [0.2, 0.25) is 0 Å². The van der Waals surface area contributed by atoms with Crippen molar-refractivity contribution in [3.8, 4) is 0 Å². The molecule has 0 spiro atoms. The first-order valence-electron chi connectivity index (χ1n) is 22.5. The quantitative estimate of drug-likeness (QED) is 0.0201. The van der Waals surface area contributed by atoms with Gasteiger partial charge in [-0.15, -0.1) is 0 Å². The average Bonchev–Trinajstić information content (AvgIpc) is 3.20. The lowest BCUT2D eigenvalue weighted by Gasteiger charge is -2.41. The Kier molecular flexibility index (Phi) is 34.9. The van der Waals surface area contributed by atoms with Crippen LogP contribution in [0.4, 0.5) is 0 Å². The summed E-state index contributed by atoms with van der Waals surface area (Å²) < 4.78 is 59.0. The summed E-state index contributed by atoms with van der Waals surface area (Å²) in [4.78, 5) is 12.8. The Morgan fingerprint density at radius 3 is 1.71 bits per heavy atom. The zero-order chi connectivity index (χ0) is 43.2. The fourth-order valence-corrected chi connectivity index (χ4v) is 6.98. The van der Waals surface area contributed by atoms with Gasteiger partial charge in [-0.25, -0.2) is 4.18 Å². The van der Waals surface area contributed by atoms with Gasteiger partial charge in [0.25, 0.3) is 0 Å². The van der Waals surface area contributed by atoms with Gasteiger partial charge in [0.2, 0.25) is 0 Å². The number of carbonyl (C=O) groups excluding carboxylic acids is 1. The summed E-state index contributed by atoms with van der Waals surface area (Å²) in [5.74, 6) is -0.416. The number of aliphatic hydroxyl groups is 3. The average molecular weight is 857 g/mol. The molecule has 12 nitrogen and oxygen atoms in total. The van der Waals surface area contributed by atoms with Gasteiger partial charge in [0.15, 0.2) is 6.29 Å². The number of hydrogen-bond acceptors (Lipinski definition) is 11. The fraction of sp³-hybridized carbons (Fsp3) is 0.761. The summed E-state index contributed by atoms with van der Waals surface area (Å²) in [6.07, 6.45) is 36.8. The molecule has 0 aliphatic carbocycles. The molecule has 1 rings (SSSR count). The molecule has 1 fully saturated rings. The number of carbonyl (C=O) groups is 1. The van der Waals surface area contributed by atoms with Crippen LogP contribution in [0.1, 0.15) is 162 Å². The maximum atomic E-state index is 12.8. The molecule has 6 unspecified atom stereocenters. The zero-order valence-corrected chi connectivity index (χ0v) is 37.1. The first-order valence-corrected chi connectivity index (χ1v) is 23.9. The van der Waals surface area contributed by atoms with E-state index in [0.29, 0.717) is 13.0 Å². The minimum atomic E-state index is -5.07. The molecule has 0 bridgehead atoms. The number of aliphatic hydroxyl groups excluding tert-OH is 3.